The van der Waals surface area contributed by atoms with Crippen LogP contribution in [-0.4, -0.2) is 24.6 Å². The largest absolute Gasteiger partial charge is 3.00 e. The fourth-order valence-electron chi connectivity index (χ4n) is 8.39. The van der Waals surface area contributed by atoms with Crippen LogP contribution in [0.15, 0.2) is 170 Å². The van der Waals surface area contributed by atoms with Crippen molar-refractivity contribution < 1.29 is 39.9 Å². The number of hydrogen-bond acceptors (Lipinski definition) is 6. The fourth-order valence-corrected chi connectivity index (χ4v) is 8.39. The van der Waals surface area contributed by atoms with Crippen LogP contribution in [0, 0.1) is 52.5 Å². The molecule has 0 fully saturated rings. The molecule has 0 saturated carbocycles. The van der Waals surface area contributed by atoms with E-state index in [1.807, 2.05) is 71.2 Å². The van der Waals surface area contributed by atoms with Gasteiger partial charge in [-0.25, -0.2) is 0 Å². The monoisotopic (exact) mass is 1090 g/mol. The topological polar surface area (TPSA) is 104 Å². The molecule has 0 amide bonds. The second-order valence-corrected chi connectivity index (χ2v) is 15.8. The van der Waals surface area contributed by atoms with Gasteiger partial charge in [0, 0.05) is 58.0 Å². The maximum atomic E-state index is 14.2. The molecule has 11 rings (SSSR count). The van der Waals surface area contributed by atoms with Crippen molar-refractivity contribution in [3.8, 4) is 68.0 Å². The van der Waals surface area contributed by atoms with Crippen molar-refractivity contribution >= 4 is 27.3 Å². The summed E-state index contributed by atoms with van der Waals surface area (Å²) in [6.07, 6.45) is -6.05. The van der Waals surface area contributed by atoms with Crippen LogP contribution >= 0.6 is 0 Å². The number of benzene rings is 6. The van der Waals surface area contributed by atoms with Crippen molar-refractivity contribution in [2.75, 3.05) is 0 Å². The molecule has 6 aromatic carbocycles. The van der Waals surface area contributed by atoms with Crippen LogP contribution in [0.5, 0.6) is 0 Å². The minimum atomic E-state index is -2.99. The van der Waals surface area contributed by atoms with Crippen LogP contribution in [-0.2, 0) is 45.6 Å². The molecule has 0 aliphatic heterocycles. The van der Waals surface area contributed by atoms with Gasteiger partial charge in [0.1, 0.15) is 0 Å². The van der Waals surface area contributed by atoms with E-state index in [1.165, 1.54) is 48.5 Å². The average Bonchev–Trinajstić information content (AvgIpc) is 4.05. The molecule has 70 heavy (non-hydrogen) atoms. The van der Waals surface area contributed by atoms with Gasteiger partial charge in [0.25, 0.3) is 0 Å². The van der Waals surface area contributed by atoms with Crippen molar-refractivity contribution in [1.29, 1.82) is 10.5 Å². The van der Waals surface area contributed by atoms with Crippen LogP contribution in [0.1, 0.15) is 44.3 Å². The molecule has 10 heteroatoms. The summed E-state index contributed by atoms with van der Waals surface area (Å²) in [6, 6.07) is 50.7. The summed E-state index contributed by atoms with van der Waals surface area (Å²) >= 11 is 0. The standard InChI is InChI=1S/C60H36F2N7.Ir/c61-52-22-20-43(31-46(52)33-63)54-24-18-38(35-65-54)14-16-40-28-41(17-15-39-19-25-55(66-36-39)44-21-23-53(62)47(32-44)34-64)30-45(29-40)48-10-4-5-11-49(48)51-37-67-60-50-12-6-7-13-56(50)69-57(26-27-68-69)59(60)58(51)42-8-2-1-3-9-42;/h1-11,13,18-19,22-32,35-37H,14-17H2;/q-3;+3/i14D2,15D2,16D2,17D2;. The van der Waals surface area contributed by atoms with Gasteiger partial charge in [-0.2, -0.15) is 15.6 Å². The van der Waals surface area contributed by atoms with E-state index in [2.05, 4.69) is 33.3 Å². The van der Waals surface area contributed by atoms with Crippen molar-refractivity contribution in [2.45, 2.75) is 25.5 Å². The summed E-state index contributed by atoms with van der Waals surface area (Å²) in [5.41, 5.74) is 5.05. The third-order valence-electron chi connectivity index (χ3n) is 11.6. The van der Waals surface area contributed by atoms with E-state index in [0.29, 0.717) is 22.2 Å². The minimum Gasteiger partial charge on any atom is -0.304 e. The Labute approximate surface area is 427 Å². The van der Waals surface area contributed by atoms with Gasteiger partial charge in [0.15, 0.2) is 0 Å². The third-order valence-corrected chi connectivity index (χ3v) is 11.6. The maximum Gasteiger partial charge on any atom is 3.00 e. The zero-order chi connectivity index (χ0) is 54.0. The molecule has 7 nitrogen and oxygen atoms in total. The molecule has 0 radical (unpaired) electrons. The SMILES string of the molecule is [2H]C([2H])(c1ccc(-c2[c-]cc(F)c(C#N)c2)nc1)C([2H])([2H])c1cc(-c2ccccc2-c2cnc3c4[c-]cccc4n4nccc4c3c2-c2ccccc2)cc(C([2H])([2H])C([2H])([2H])c2ccc(-c3[c-]cc(F)c(C#N)c3)nc2)c1.[Ir+3]. The van der Waals surface area contributed by atoms with Crippen molar-refractivity contribution in [1.82, 2.24) is 24.6 Å². The molecule has 0 N–H and O–H groups in total. The summed E-state index contributed by atoms with van der Waals surface area (Å²) in [5.74, 6) is -1.56. The Kier molecular flexibility index (Phi) is 10.2. The fraction of sp³-hybridized carbons (Fsp3) is 0.0667. The van der Waals surface area contributed by atoms with Crippen LogP contribution in [0.25, 0.3) is 83.2 Å². The van der Waals surface area contributed by atoms with Crippen LogP contribution in [0.2, 0.25) is 0 Å². The number of fused-ring (bicyclic) bond motifs is 6. The van der Waals surface area contributed by atoms with E-state index in [4.69, 9.17) is 4.98 Å². The second-order valence-electron chi connectivity index (χ2n) is 15.8. The summed E-state index contributed by atoms with van der Waals surface area (Å²) in [4.78, 5) is 13.8. The van der Waals surface area contributed by atoms with Gasteiger partial charge in [-0.05, 0) is 104 Å². The van der Waals surface area contributed by atoms with Gasteiger partial charge in [0.2, 0.25) is 0 Å². The molecular weight excluding hydrogens is 1050 g/mol. The smallest absolute Gasteiger partial charge is 0.304 e. The van der Waals surface area contributed by atoms with E-state index in [1.54, 1.807) is 36.7 Å². The molecule has 5 heterocycles. The number of nitrogens with zero attached hydrogens (tertiary/aromatic N) is 7. The normalized spacial score (nSPS) is 13.6. The Bertz CT molecular complexity index is 4090. The Morgan fingerprint density at radius 2 is 1.16 bits per heavy atom. The van der Waals surface area contributed by atoms with Crippen molar-refractivity contribution in [2.24, 2.45) is 0 Å². The molecule has 0 aliphatic rings. The summed E-state index contributed by atoms with van der Waals surface area (Å²) in [7, 11) is 0. The molecule has 0 aliphatic carbocycles. The number of aromatic nitrogens is 5. The Hall–Kier alpha value is -8.53. The number of pyridine rings is 4. The summed E-state index contributed by atoms with van der Waals surface area (Å²) < 4.78 is 107. The number of nitriles is 2. The molecule has 0 saturated heterocycles. The van der Waals surface area contributed by atoms with Gasteiger partial charge in [-0.15, -0.1) is 71.8 Å². The number of halogens is 2. The van der Waals surface area contributed by atoms with Gasteiger partial charge >= 0.3 is 20.1 Å². The van der Waals surface area contributed by atoms with Crippen molar-refractivity contribution in [3.63, 3.8) is 0 Å². The number of hydrogen-bond donors (Lipinski definition) is 0. The summed E-state index contributed by atoms with van der Waals surface area (Å²) in [5, 5.41) is 25.0. The average molecular weight is 1090 g/mol. The van der Waals surface area contributed by atoms with E-state index in [-0.39, 0.29) is 81.6 Å². The predicted octanol–water partition coefficient (Wildman–Crippen LogP) is 13.2. The maximum absolute atomic E-state index is 14.2. The van der Waals surface area contributed by atoms with Gasteiger partial charge < -0.3 is 15.0 Å². The minimum absolute atomic E-state index is 0. The first kappa shape index (κ1) is 36.5. The predicted molar refractivity (Wildman–Crippen MR) is 264 cm³/mol. The number of aryl methyl sites for hydroxylation is 4. The molecule has 0 atom stereocenters. The second kappa shape index (κ2) is 19.6. The Morgan fingerprint density at radius 1 is 0.557 bits per heavy atom. The molecule has 11 aromatic rings. The first-order valence-corrected chi connectivity index (χ1v) is 21.5. The molecule has 5 aromatic heterocycles. The van der Waals surface area contributed by atoms with Crippen LogP contribution in [0.3, 0.4) is 0 Å². The molecule has 334 valence electrons. The molecule has 0 bridgehead atoms. The Morgan fingerprint density at radius 3 is 1.76 bits per heavy atom. The Balaban J connectivity index is 0.00000688. The van der Waals surface area contributed by atoms with E-state index in [9.17, 15) is 30.3 Å². The van der Waals surface area contributed by atoms with Gasteiger partial charge in [0.05, 0.1) is 29.3 Å². The quantitative estimate of drug-likeness (QED) is 0.0944. The molecule has 0 spiro atoms. The van der Waals surface area contributed by atoms with E-state index < -0.39 is 37.1 Å². The molecule has 0 unspecified atom stereocenters. The zero-order valence-electron chi connectivity index (χ0n) is 44.4. The van der Waals surface area contributed by atoms with Crippen LogP contribution < -0.4 is 0 Å². The zero-order valence-corrected chi connectivity index (χ0v) is 38.8. The van der Waals surface area contributed by atoms with E-state index >= 15 is 0 Å². The van der Waals surface area contributed by atoms with Gasteiger partial charge in [-0.3, -0.25) is 13.3 Å². The van der Waals surface area contributed by atoms with Crippen LogP contribution in [0.4, 0.5) is 8.78 Å². The first-order chi connectivity index (χ1) is 36.9. The first-order valence-electron chi connectivity index (χ1n) is 25.5. The summed E-state index contributed by atoms with van der Waals surface area (Å²) in [6.45, 7) is 0. The van der Waals surface area contributed by atoms with Crippen molar-refractivity contribution in [3.05, 3.63) is 234 Å². The molecular formula is C60H36F2IrN7. The van der Waals surface area contributed by atoms with Gasteiger partial charge in [-0.1, -0.05) is 102 Å². The third kappa shape index (κ3) is 8.75. The van der Waals surface area contributed by atoms with E-state index in [0.717, 1.165) is 63.5 Å². The number of rotatable bonds is 11.